The second-order valence-corrected chi connectivity index (χ2v) is 6.19. The van der Waals surface area contributed by atoms with Gasteiger partial charge in [0.2, 0.25) is 11.2 Å². The second-order valence-electron chi connectivity index (χ2n) is 5.85. The van der Waals surface area contributed by atoms with Gasteiger partial charge in [0.15, 0.2) is 0 Å². The summed E-state index contributed by atoms with van der Waals surface area (Å²) in [6, 6.07) is 8.49. The van der Waals surface area contributed by atoms with Crippen LogP contribution in [0.1, 0.15) is 16.7 Å². The molecule has 1 heterocycles. The molecular formula is C18H11ClF6N4O. The molecule has 0 unspecified atom stereocenters. The molecule has 0 spiro atoms. The number of benzene rings is 2. The fraction of sp³-hybridized carbons (Fsp3) is 0.167. The summed E-state index contributed by atoms with van der Waals surface area (Å²) < 4.78 is 82.2. The van der Waals surface area contributed by atoms with Gasteiger partial charge in [0.1, 0.15) is 6.61 Å². The topological polar surface area (TPSA) is 59.9 Å². The summed E-state index contributed by atoms with van der Waals surface area (Å²) in [7, 11) is 0. The van der Waals surface area contributed by atoms with Crippen LogP contribution in [0.4, 0.5) is 38.0 Å². The molecule has 3 rings (SSSR count). The Labute approximate surface area is 170 Å². The summed E-state index contributed by atoms with van der Waals surface area (Å²) in [5.74, 6) is -0.158. The van der Waals surface area contributed by atoms with Gasteiger partial charge in [0.25, 0.3) is 0 Å². The SMILES string of the molecule is FC(F)(F)c1ccc(Nc2nc(Cl)nc(OCc3ccccc3C(F)(F)F)n2)cc1. The van der Waals surface area contributed by atoms with Gasteiger partial charge in [0.05, 0.1) is 11.1 Å². The van der Waals surface area contributed by atoms with Crippen LogP contribution in [0.15, 0.2) is 48.5 Å². The molecule has 2 aromatic carbocycles. The minimum atomic E-state index is -4.56. The van der Waals surface area contributed by atoms with Crippen LogP contribution in [-0.4, -0.2) is 15.0 Å². The largest absolute Gasteiger partial charge is 0.458 e. The molecule has 12 heteroatoms. The molecule has 3 aromatic rings. The lowest BCUT2D eigenvalue weighted by atomic mass is 10.1. The number of ether oxygens (including phenoxy) is 1. The van der Waals surface area contributed by atoms with Gasteiger partial charge in [-0.15, -0.1) is 0 Å². The highest BCUT2D eigenvalue weighted by molar-refractivity contribution is 6.28. The number of hydrogen-bond donors (Lipinski definition) is 1. The predicted octanol–water partition coefficient (Wildman–Crippen LogP) is 5.89. The van der Waals surface area contributed by atoms with E-state index in [-0.39, 0.29) is 28.5 Å². The molecule has 0 aliphatic heterocycles. The molecule has 0 saturated heterocycles. The molecule has 1 N–H and O–H groups in total. The van der Waals surface area contributed by atoms with Crippen molar-refractivity contribution in [3.05, 3.63) is 70.5 Å². The van der Waals surface area contributed by atoms with Gasteiger partial charge in [-0.25, -0.2) is 0 Å². The molecule has 30 heavy (non-hydrogen) atoms. The van der Waals surface area contributed by atoms with E-state index >= 15 is 0 Å². The van der Waals surface area contributed by atoms with E-state index in [0.29, 0.717) is 0 Å². The number of aromatic nitrogens is 3. The fourth-order valence-corrected chi connectivity index (χ4v) is 2.54. The Hall–Kier alpha value is -3.08. The lowest BCUT2D eigenvalue weighted by Crippen LogP contribution is -2.11. The normalized spacial score (nSPS) is 12.0. The Kier molecular flexibility index (Phi) is 6.01. The number of nitrogens with one attached hydrogen (secondary N) is 1. The van der Waals surface area contributed by atoms with Crippen LogP contribution in [0.2, 0.25) is 5.28 Å². The summed E-state index contributed by atoms with van der Waals surface area (Å²) in [4.78, 5) is 11.3. The van der Waals surface area contributed by atoms with Crippen molar-refractivity contribution in [2.75, 3.05) is 5.32 Å². The minimum Gasteiger partial charge on any atom is -0.458 e. The smallest absolute Gasteiger partial charge is 0.416 e. The molecule has 158 valence electrons. The van der Waals surface area contributed by atoms with Crippen LogP contribution in [0.25, 0.3) is 0 Å². The van der Waals surface area contributed by atoms with Crippen LogP contribution in [0.5, 0.6) is 6.01 Å². The molecule has 5 nitrogen and oxygen atoms in total. The Bertz CT molecular complexity index is 1020. The van der Waals surface area contributed by atoms with Crippen LogP contribution in [-0.2, 0) is 19.0 Å². The number of rotatable bonds is 5. The third-order valence-corrected chi connectivity index (χ3v) is 3.90. The molecular weight excluding hydrogens is 438 g/mol. The predicted molar refractivity (Wildman–Crippen MR) is 95.3 cm³/mol. The van der Waals surface area contributed by atoms with Crippen molar-refractivity contribution in [1.82, 2.24) is 15.0 Å². The zero-order valence-corrected chi connectivity index (χ0v) is 15.5. The quantitative estimate of drug-likeness (QED) is 0.493. The van der Waals surface area contributed by atoms with Gasteiger partial charge in [-0.3, -0.25) is 0 Å². The number of anilines is 2. The van der Waals surface area contributed by atoms with Gasteiger partial charge in [-0.05, 0) is 41.9 Å². The van der Waals surface area contributed by atoms with Gasteiger partial charge in [0, 0.05) is 11.3 Å². The molecule has 0 saturated carbocycles. The lowest BCUT2D eigenvalue weighted by molar-refractivity contribution is -0.139. The summed E-state index contributed by atoms with van der Waals surface area (Å²) in [6.45, 7) is -0.490. The number of halogens is 7. The molecule has 0 atom stereocenters. The van der Waals surface area contributed by atoms with Crippen molar-refractivity contribution in [2.24, 2.45) is 0 Å². The lowest BCUT2D eigenvalue weighted by Gasteiger charge is -2.13. The number of alkyl halides is 6. The van der Waals surface area contributed by atoms with E-state index in [0.717, 1.165) is 30.3 Å². The van der Waals surface area contributed by atoms with E-state index in [1.54, 1.807) is 0 Å². The summed E-state index contributed by atoms with van der Waals surface area (Å²) >= 11 is 5.78. The molecule has 1 aromatic heterocycles. The first-order valence-corrected chi connectivity index (χ1v) is 8.54. The highest BCUT2D eigenvalue weighted by Crippen LogP contribution is 2.32. The van der Waals surface area contributed by atoms with Crippen LogP contribution in [0, 0.1) is 0 Å². The van der Waals surface area contributed by atoms with Crippen molar-refractivity contribution in [2.45, 2.75) is 19.0 Å². The van der Waals surface area contributed by atoms with Crippen LogP contribution < -0.4 is 10.1 Å². The third-order valence-electron chi connectivity index (χ3n) is 3.74. The van der Waals surface area contributed by atoms with Gasteiger partial charge in [-0.2, -0.15) is 41.3 Å². The van der Waals surface area contributed by atoms with E-state index in [2.05, 4.69) is 20.3 Å². The van der Waals surface area contributed by atoms with Crippen molar-refractivity contribution in [3.8, 4) is 6.01 Å². The summed E-state index contributed by atoms with van der Waals surface area (Å²) in [5, 5.41) is 2.30. The standard InChI is InChI=1S/C18H11ClF6N4O/c19-14-27-15(26-12-7-5-11(6-8-12)17(20,21)22)29-16(28-14)30-9-10-3-1-2-4-13(10)18(23,24)25/h1-8H,9H2,(H,26,27,28,29). The number of hydrogen-bond acceptors (Lipinski definition) is 5. The zero-order chi connectivity index (χ0) is 21.9. The molecule has 0 amide bonds. The monoisotopic (exact) mass is 448 g/mol. The summed E-state index contributed by atoms with van der Waals surface area (Å²) in [6.07, 6.45) is -9.05. The van der Waals surface area contributed by atoms with Gasteiger partial charge < -0.3 is 10.1 Å². The van der Waals surface area contributed by atoms with E-state index < -0.39 is 30.1 Å². The van der Waals surface area contributed by atoms with Crippen molar-refractivity contribution < 1.29 is 31.1 Å². The molecule has 0 fully saturated rings. The molecule has 0 bridgehead atoms. The van der Waals surface area contributed by atoms with E-state index in [4.69, 9.17) is 16.3 Å². The average molecular weight is 449 g/mol. The Balaban J connectivity index is 1.75. The second kappa shape index (κ2) is 8.34. The fourth-order valence-electron chi connectivity index (χ4n) is 2.39. The molecule has 0 aliphatic carbocycles. The van der Waals surface area contributed by atoms with Gasteiger partial charge >= 0.3 is 18.4 Å². The maximum atomic E-state index is 13.0. The van der Waals surface area contributed by atoms with E-state index in [1.807, 2.05) is 0 Å². The maximum absolute atomic E-state index is 13.0. The Morgan fingerprint density at radius 3 is 2.13 bits per heavy atom. The number of nitrogens with zero attached hydrogens (tertiary/aromatic N) is 3. The first kappa shape index (κ1) is 21.6. The van der Waals surface area contributed by atoms with Crippen molar-refractivity contribution in [1.29, 1.82) is 0 Å². The van der Waals surface area contributed by atoms with E-state index in [1.165, 1.54) is 18.2 Å². The zero-order valence-electron chi connectivity index (χ0n) is 14.7. The molecule has 0 radical (unpaired) electrons. The maximum Gasteiger partial charge on any atom is 0.416 e. The minimum absolute atomic E-state index is 0.140. The molecule has 0 aliphatic rings. The van der Waals surface area contributed by atoms with Crippen LogP contribution >= 0.6 is 11.6 Å². The third kappa shape index (κ3) is 5.50. The van der Waals surface area contributed by atoms with Gasteiger partial charge in [-0.1, -0.05) is 18.2 Å². The average Bonchev–Trinajstić information content (AvgIpc) is 2.65. The Morgan fingerprint density at radius 1 is 0.833 bits per heavy atom. The van der Waals surface area contributed by atoms with Crippen LogP contribution in [0.3, 0.4) is 0 Å². The first-order valence-electron chi connectivity index (χ1n) is 8.16. The Morgan fingerprint density at radius 2 is 1.50 bits per heavy atom. The highest BCUT2D eigenvalue weighted by Gasteiger charge is 2.33. The van der Waals surface area contributed by atoms with Crippen molar-refractivity contribution in [3.63, 3.8) is 0 Å². The highest BCUT2D eigenvalue weighted by atomic mass is 35.5. The first-order chi connectivity index (χ1) is 14.0. The van der Waals surface area contributed by atoms with Crippen molar-refractivity contribution >= 4 is 23.2 Å². The van der Waals surface area contributed by atoms with E-state index in [9.17, 15) is 26.3 Å². The summed E-state index contributed by atoms with van der Waals surface area (Å²) in [5.41, 5.74) is -1.63.